The first kappa shape index (κ1) is 15.4. The third kappa shape index (κ3) is 5.70. The van der Waals surface area contributed by atoms with Crippen molar-refractivity contribution in [3.8, 4) is 5.75 Å². The molecule has 4 nitrogen and oxygen atoms in total. The van der Waals surface area contributed by atoms with Gasteiger partial charge in [-0.3, -0.25) is 9.59 Å². The lowest BCUT2D eigenvalue weighted by atomic mass is 10.2. The van der Waals surface area contributed by atoms with Crippen LogP contribution < -0.4 is 4.74 Å². The van der Waals surface area contributed by atoms with E-state index in [1.165, 1.54) is 12.1 Å². The fourth-order valence-electron chi connectivity index (χ4n) is 1.28. The molecule has 0 aromatic heterocycles. The number of ketones is 1. The number of carbonyl (C=O) groups excluding carboxylic acids is 2. The maximum Gasteiger partial charge on any atom is 0.306 e. The van der Waals surface area contributed by atoms with E-state index in [0.29, 0.717) is 0 Å². The van der Waals surface area contributed by atoms with Crippen molar-refractivity contribution in [1.82, 2.24) is 0 Å². The standard InChI is InChI=1S/C13H14ClFO4/c1-2-18-13(17)6-3-9(16)8-19-10-4-5-11(14)12(15)7-10/h4-5,7H,2-3,6,8H2,1H3. The Bertz CT molecular complexity index is 462. The lowest BCUT2D eigenvalue weighted by molar-refractivity contribution is -0.144. The molecule has 1 rings (SSSR count). The SMILES string of the molecule is CCOC(=O)CCC(=O)COc1ccc(Cl)c(F)c1. The molecule has 1 aromatic carbocycles. The molecule has 0 aliphatic carbocycles. The van der Waals surface area contributed by atoms with Gasteiger partial charge in [-0.2, -0.15) is 0 Å². The predicted molar refractivity (Wildman–Crippen MR) is 67.8 cm³/mol. The molecule has 104 valence electrons. The Morgan fingerprint density at radius 3 is 2.68 bits per heavy atom. The van der Waals surface area contributed by atoms with Gasteiger partial charge in [-0.05, 0) is 19.1 Å². The van der Waals surface area contributed by atoms with Gasteiger partial charge in [0.2, 0.25) is 0 Å². The van der Waals surface area contributed by atoms with Crippen molar-refractivity contribution in [3.63, 3.8) is 0 Å². The number of carbonyl (C=O) groups is 2. The first-order valence-corrected chi connectivity index (χ1v) is 6.16. The molecule has 0 fully saturated rings. The lowest BCUT2D eigenvalue weighted by Gasteiger charge is -2.06. The van der Waals surface area contributed by atoms with Crippen molar-refractivity contribution in [2.45, 2.75) is 19.8 Å². The van der Waals surface area contributed by atoms with Crippen molar-refractivity contribution >= 4 is 23.4 Å². The highest BCUT2D eigenvalue weighted by molar-refractivity contribution is 6.30. The molecule has 0 spiro atoms. The van der Waals surface area contributed by atoms with E-state index in [1.54, 1.807) is 6.92 Å². The molecule has 0 aliphatic rings. The van der Waals surface area contributed by atoms with Gasteiger partial charge in [0.15, 0.2) is 5.78 Å². The van der Waals surface area contributed by atoms with Crippen LogP contribution in [0.2, 0.25) is 5.02 Å². The van der Waals surface area contributed by atoms with E-state index in [1.807, 2.05) is 0 Å². The third-order valence-corrected chi connectivity index (χ3v) is 2.51. The van der Waals surface area contributed by atoms with Crippen LogP contribution in [-0.2, 0) is 14.3 Å². The van der Waals surface area contributed by atoms with Crippen molar-refractivity contribution in [2.75, 3.05) is 13.2 Å². The van der Waals surface area contributed by atoms with Crippen LogP contribution in [0.1, 0.15) is 19.8 Å². The summed E-state index contributed by atoms with van der Waals surface area (Å²) in [6.45, 7) is 1.76. The molecule has 0 saturated heterocycles. The second kappa shape index (κ2) is 7.74. The molecule has 0 amide bonds. The zero-order chi connectivity index (χ0) is 14.3. The van der Waals surface area contributed by atoms with Crippen LogP contribution in [0.15, 0.2) is 18.2 Å². The minimum Gasteiger partial charge on any atom is -0.486 e. The Morgan fingerprint density at radius 2 is 2.05 bits per heavy atom. The molecule has 0 aliphatic heterocycles. The maximum atomic E-state index is 13.1. The smallest absolute Gasteiger partial charge is 0.306 e. The summed E-state index contributed by atoms with van der Waals surface area (Å²) >= 11 is 5.51. The quantitative estimate of drug-likeness (QED) is 0.724. The van der Waals surface area contributed by atoms with Crippen molar-refractivity contribution in [1.29, 1.82) is 0 Å². The van der Waals surface area contributed by atoms with E-state index in [0.717, 1.165) is 6.07 Å². The monoisotopic (exact) mass is 288 g/mol. The maximum absolute atomic E-state index is 13.1. The third-order valence-electron chi connectivity index (χ3n) is 2.20. The van der Waals surface area contributed by atoms with Gasteiger partial charge in [0.05, 0.1) is 18.1 Å². The molecule has 6 heteroatoms. The van der Waals surface area contributed by atoms with Crippen molar-refractivity contribution in [3.05, 3.63) is 29.0 Å². The van der Waals surface area contributed by atoms with Crippen LogP contribution in [0.25, 0.3) is 0 Å². The minimum atomic E-state index is -0.613. The average Bonchev–Trinajstić information content (AvgIpc) is 2.38. The van der Waals surface area contributed by atoms with Crippen LogP contribution in [0.4, 0.5) is 4.39 Å². The molecule has 0 bridgehead atoms. The van der Waals surface area contributed by atoms with Gasteiger partial charge in [0.25, 0.3) is 0 Å². The molecule has 0 saturated carbocycles. The lowest BCUT2D eigenvalue weighted by Crippen LogP contribution is -2.14. The first-order valence-electron chi connectivity index (χ1n) is 5.78. The fourth-order valence-corrected chi connectivity index (χ4v) is 1.39. The molecule has 0 radical (unpaired) electrons. The summed E-state index contributed by atoms with van der Waals surface area (Å²) in [4.78, 5) is 22.4. The molecular formula is C13H14ClFO4. The van der Waals surface area contributed by atoms with Crippen LogP contribution >= 0.6 is 11.6 Å². The van der Waals surface area contributed by atoms with E-state index in [2.05, 4.69) is 4.74 Å². The number of Topliss-reactive ketones (excluding diaryl/α,β-unsaturated/α-hetero) is 1. The number of rotatable bonds is 7. The zero-order valence-electron chi connectivity index (χ0n) is 10.4. The number of esters is 1. The Morgan fingerprint density at radius 1 is 1.32 bits per heavy atom. The number of benzene rings is 1. The Hall–Kier alpha value is -1.62. The predicted octanol–water partition coefficient (Wildman–Crippen LogP) is 2.77. The van der Waals surface area contributed by atoms with E-state index in [9.17, 15) is 14.0 Å². The fraction of sp³-hybridized carbons (Fsp3) is 0.385. The molecule has 0 N–H and O–H groups in total. The molecule has 19 heavy (non-hydrogen) atoms. The van der Waals surface area contributed by atoms with Gasteiger partial charge in [-0.25, -0.2) is 4.39 Å². The minimum absolute atomic E-state index is 0.0130. The Kier molecular flexibility index (Phi) is 6.29. The van der Waals surface area contributed by atoms with E-state index in [4.69, 9.17) is 16.3 Å². The summed E-state index contributed by atoms with van der Waals surface area (Å²) in [5.74, 6) is -1.08. The highest BCUT2D eigenvalue weighted by Crippen LogP contribution is 2.20. The molecule has 1 aromatic rings. The number of hydrogen-bond acceptors (Lipinski definition) is 4. The highest BCUT2D eigenvalue weighted by atomic mass is 35.5. The normalized spacial score (nSPS) is 10.1. The van der Waals surface area contributed by atoms with Crippen LogP contribution in [0.5, 0.6) is 5.75 Å². The second-order valence-corrected chi connectivity index (χ2v) is 4.12. The largest absolute Gasteiger partial charge is 0.486 e. The van der Waals surface area contributed by atoms with Gasteiger partial charge in [0, 0.05) is 12.5 Å². The summed E-state index contributed by atoms with van der Waals surface area (Å²) in [5.41, 5.74) is 0. The second-order valence-electron chi connectivity index (χ2n) is 3.71. The summed E-state index contributed by atoms with van der Waals surface area (Å²) in [7, 11) is 0. The summed E-state index contributed by atoms with van der Waals surface area (Å²) in [6.07, 6.45) is 0.0555. The molecular weight excluding hydrogens is 275 g/mol. The van der Waals surface area contributed by atoms with Crippen molar-refractivity contribution in [2.24, 2.45) is 0 Å². The highest BCUT2D eigenvalue weighted by Gasteiger charge is 2.09. The number of ether oxygens (including phenoxy) is 2. The average molecular weight is 289 g/mol. The van der Waals surface area contributed by atoms with E-state index >= 15 is 0 Å². The molecule has 0 heterocycles. The van der Waals surface area contributed by atoms with Gasteiger partial charge >= 0.3 is 5.97 Å². The van der Waals surface area contributed by atoms with Gasteiger partial charge in [-0.1, -0.05) is 11.6 Å². The van der Waals surface area contributed by atoms with Gasteiger partial charge in [-0.15, -0.1) is 0 Å². The van der Waals surface area contributed by atoms with Gasteiger partial charge in [0.1, 0.15) is 18.2 Å². The van der Waals surface area contributed by atoms with Gasteiger partial charge < -0.3 is 9.47 Å². The summed E-state index contributed by atoms with van der Waals surface area (Å²) < 4.78 is 22.9. The molecule has 0 atom stereocenters. The van der Waals surface area contributed by atoms with Crippen LogP contribution in [0.3, 0.4) is 0 Å². The van der Waals surface area contributed by atoms with E-state index in [-0.39, 0.29) is 42.6 Å². The summed E-state index contributed by atoms with van der Waals surface area (Å²) in [5, 5.41) is -0.0130. The Balaban J connectivity index is 2.33. The topological polar surface area (TPSA) is 52.6 Å². The first-order chi connectivity index (χ1) is 9.02. The molecule has 0 unspecified atom stereocenters. The van der Waals surface area contributed by atoms with E-state index < -0.39 is 11.8 Å². The Labute approximate surface area is 115 Å². The van der Waals surface area contributed by atoms with Crippen LogP contribution in [0, 0.1) is 5.82 Å². The number of hydrogen-bond donors (Lipinski definition) is 0. The van der Waals surface area contributed by atoms with Crippen LogP contribution in [-0.4, -0.2) is 25.0 Å². The van der Waals surface area contributed by atoms with Crippen molar-refractivity contribution < 1.29 is 23.5 Å². The zero-order valence-corrected chi connectivity index (χ0v) is 11.2. The summed E-state index contributed by atoms with van der Waals surface area (Å²) in [6, 6.07) is 3.90. The number of halogens is 2.